The van der Waals surface area contributed by atoms with Gasteiger partial charge in [-0.3, -0.25) is 0 Å². The summed E-state index contributed by atoms with van der Waals surface area (Å²) in [6, 6.07) is 0.740. The summed E-state index contributed by atoms with van der Waals surface area (Å²) in [5.74, 6) is 0. The lowest BCUT2D eigenvalue weighted by Crippen LogP contribution is -2.35. The minimum atomic E-state index is 0.504. The molecule has 2 nitrogen and oxygen atoms in total. The van der Waals surface area contributed by atoms with Crippen molar-refractivity contribution < 1.29 is 4.74 Å². The highest BCUT2D eigenvalue weighted by molar-refractivity contribution is 4.77. The van der Waals surface area contributed by atoms with Gasteiger partial charge < -0.3 is 10.1 Å². The highest BCUT2D eigenvalue weighted by Gasteiger charge is 2.20. The summed E-state index contributed by atoms with van der Waals surface area (Å²) in [4.78, 5) is 0. The van der Waals surface area contributed by atoms with Gasteiger partial charge in [0.1, 0.15) is 0 Å². The number of ether oxygens (including phenoxy) is 1. The van der Waals surface area contributed by atoms with E-state index >= 15 is 0 Å². The molecule has 88 valence electrons. The molecule has 0 aromatic carbocycles. The Labute approximate surface area is 94.1 Å². The second-order valence-electron chi connectivity index (χ2n) is 4.38. The lowest BCUT2D eigenvalue weighted by atomic mass is 9.93. The standard InChI is InChI=1S/C13H25NO/c1-3-5-11-15-13-8-6-12(7-9-13)14-10-4-2/h3,12-14H,1,4-11H2,2H3. The molecule has 2 heteroatoms. The average molecular weight is 211 g/mol. The van der Waals surface area contributed by atoms with Crippen molar-refractivity contribution >= 4 is 0 Å². The summed E-state index contributed by atoms with van der Waals surface area (Å²) in [6.45, 7) is 7.93. The predicted molar refractivity (Wildman–Crippen MR) is 65.1 cm³/mol. The molecule has 0 atom stereocenters. The first-order chi connectivity index (χ1) is 7.36. The Morgan fingerprint density at radius 1 is 1.33 bits per heavy atom. The van der Waals surface area contributed by atoms with Crippen molar-refractivity contribution in [3.8, 4) is 0 Å². The van der Waals surface area contributed by atoms with E-state index in [0.29, 0.717) is 6.10 Å². The van der Waals surface area contributed by atoms with Gasteiger partial charge in [0.05, 0.1) is 12.7 Å². The van der Waals surface area contributed by atoms with Crippen molar-refractivity contribution in [3.63, 3.8) is 0 Å². The molecule has 0 radical (unpaired) electrons. The Hall–Kier alpha value is -0.340. The molecular weight excluding hydrogens is 186 g/mol. The summed E-state index contributed by atoms with van der Waals surface area (Å²) >= 11 is 0. The van der Waals surface area contributed by atoms with Crippen LogP contribution in [0.5, 0.6) is 0 Å². The Morgan fingerprint density at radius 2 is 2.07 bits per heavy atom. The lowest BCUT2D eigenvalue weighted by molar-refractivity contribution is 0.0252. The van der Waals surface area contributed by atoms with Gasteiger partial charge in [-0.2, -0.15) is 0 Å². The molecule has 0 spiro atoms. The van der Waals surface area contributed by atoms with Crippen LogP contribution in [0.2, 0.25) is 0 Å². The minimum Gasteiger partial charge on any atom is -0.378 e. The van der Waals surface area contributed by atoms with Crippen LogP contribution in [-0.4, -0.2) is 25.3 Å². The molecule has 1 saturated carbocycles. The Kier molecular flexibility index (Phi) is 6.69. The Morgan fingerprint density at radius 3 is 2.67 bits per heavy atom. The maximum absolute atomic E-state index is 5.78. The van der Waals surface area contributed by atoms with Gasteiger partial charge in [0.2, 0.25) is 0 Å². The number of hydrogen-bond acceptors (Lipinski definition) is 2. The van der Waals surface area contributed by atoms with Gasteiger partial charge in [-0.1, -0.05) is 13.0 Å². The van der Waals surface area contributed by atoms with Crippen LogP contribution in [0.1, 0.15) is 45.4 Å². The van der Waals surface area contributed by atoms with Gasteiger partial charge in [0, 0.05) is 6.04 Å². The van der Waals surface area contributed by atoms with Gasteiger partial charge >= 0.3 is 0 Å². The zero-order valence-corrected chi connectivity index (χ0v) is 10.0. The molecule has 1 rings (SSSR count). The highest BCUT2D eigenvalue weighted by atomic mass is 16.5. The Balaban J connectivity index is 2.04. The SMILES string of the molecule is C=CCCOC1CCC(NCCC)CC1. The van der Waals surface area contributed by atoms with E-state index < -0.39 is 0 Å². The topological polar surface area (TPSA) is 21.3 Å². The molecule has 15 heavy (non-hydrogen) atoms. The highest BCUT2D eigenvalue weighted by Crippen LogP contribution is 2.21. The van der Waals surface area contributed by atoms with Gasteiger partial charge in [0.25, 0.3) is 0 Å². The second-order valence-corrected chi connectivity index (χ2v) is 4.38. The summed E-state index contributed by atoms with van der Waals surface area (Å²) in [5, 5.41) is 3.59. The van der Waals surface area contributed by atoms with Gasteiger partial charge in [0.15, 0.2) is 0 Å². The molecule has 0 aliphatic heterocycles. The number of hydrogen-bond donors (Lipinski definition) is 1. The van der Waals surface area contributed by atoms with Crippen molar-refractivity contribution in [2.24, 2.45) is 0 Å². The van der Waals surface area contributed by atoms with Gasteiger partial charge in [-0.05, 0) is 45.1 Å². The monoisotopic (exact) mass is 211 g/mol. The summed E-state index contributed by atoms with van der Waals surface area (Å²) in [5.41, 5.74) is 0. The van der Waals surface area contributed by atoms with Crippen LogP contribution in [0.4, 0.5) is 0 Å². The fraction of sp³-hybridized carbons (Fsp3) is 0.846. The van der Waals surface area contributed by atoms with Crippen LogP contribution in [0.15, 0.2) is 12.7 Å². The third kappa shape index (κ3) is 5.33. The first-order valence-corrected chi connectivity index (χ1v) is 6.32. The van der Waals surface area contributed by atoms with Crippen LogP contribution >= 0.6 is 0 Å². The first-order valence-electron chi connectivity index (χ1n) is 6.32. The third-order valence-electron chi connectivity index (χ3n) is 3.03. The molecule has 1 N–H and O–H groups in total. The zero-order chi connectivity index (χ0) is 10.9. The molecule has 0 amide bonds. The molecule has 0 aromatic rings. The van der Waals surface area contributed by atoms with Crippen LogP contribution < -0.4 is 5.32 Å². The molecule has 1 aliphatic rings. The molecule has 0 heterocycles. The van der Waals surface area contributed by atoms with Crippen LogP contribution in [0, 0.1) is 0 Å². The predicted octanol–water partition coefficient (Wildman–Crippen LogP) is 2.89. The number of nitrogens with one attached hydrogen (secondary N) is 1. The zero-order valence-electron chi connectivity index (χ0n) is 10.0. The van der Waals surface area contributed by atoms with Crippen molar-refractivity contribution in [1.82, 2.24) is 5.32 Å². The minimum absolute atomic E-state index is 0.504. The van der Waals surface area contributed by atoms with E-state index in [4.69, 9.17) is 4.74 Å². The van der Waals surface area contributed by atoms with Crippen LogP contribution in [0.3, 0.4) is 0 Å². The van der Waals surface area contributed by atoms with Crippen molar-refractivity contribution in [2.75, 3.05) is 13.2 Å². The van der Waals surface area contributed by atoms with E-state index in [1.54, 1.807) is 0 Å². The number of rotatable bonds is 7. The molecular formula is C13H25NO. The average Bonchev–Trinajstić information content (AvgIpc) is 2.28. The van der Waals surface area contributed by atoms with Gasteiger partial charge in [-0.15, -0.1) is 6.58 Å². The van der Waals surface area contributed by atoms with Crippen LogP contribution in [0.25, 0.3) is 0 Å². The van der Waals surface area contributed by atoms with E-state index in [1.165, 1.54) is 32.1 Å². The van der Waals surface area contributed by atoms with Crippen molar-refractivity contribution in [2.45, 2.75) is 57.6 Å². The van der Waals surface area contributed by atoms with E-state index in [9.17, 15) is 0 Å². The summed E-state index contributed by atoms with van der Waals surface area (Å²) in [6.07, 6.45) is 9.64. The summed E-state index contributed by atoms with van der Waals surface area (Å²) in [7, 11) is 0. The molecule has 1 fully saturated rings. The maximum atomic E-state index is 5.78. The molecule has 0 saturated heterocycles. The fourth-order valence-corrected chi connectivity index (χ4v) is 2.10. The molecule has 0 unspecified atom stereocenters. The lowest BCUT2D eigenvalue weighted by Gasteiger charge is -2.29. The molecule has 0 aromatic heterocycles. The third-order valence-corrected chi connectivity index (χ3v) is 3.03. The smallest absolute Gasteiger partial charge is 0.0576 e. The van der Waals surface area contributed by atoms with E-state index in [1.807, 2.05) is 6.08 Å². The quantitative estimate of drug-likeness (QED) is 0.516. The van der Waals surface area contributed by atoms with E-state index in [2.05, 4.69) is 18.8 Å². The summed E-state index contributed by atoms with van der Waals surface area (Å²) < 4.78 is 5.78. The maximum Gasteiger partial charge on any atom is 0.0576 e. The first kappa shape index (κ1) is 12.7. The van der Waals surface area contributed by atoms with Crippen LogP contribution in [-0.2, 0) is 4.74 Å². The van der Waals surface area contributed by atoms with Gasteiger partial charge in [-0.25, -0.2) is 0 Å². The molecule has 1 aliphatic carbocycles. The largest absolute Gasteiger partial charge is 0.378 e. The fourth-order valence-electron chi connectivity index (χ4n) is 2.10. The normalized spacial score (nSPS) is 26.5. The second kappa shape index (κ2) is 7.89. The Bertz CT molecular complexity index is 162. The van der Waals surface area contributed by atoms with Crippen molar-refractivity contribution in [1.29, 1.82) is 0 Å². The molecule has 0 bridgehead atoms. The van der Waals surface area contributed by atoms with E-state index in [-0.39, 0.29) is 0 Å². The van der Waals surface area contributed by atoms with Crippen molar-refractivity contribution in [3.05, 3.63) is 12.7 Å². The van der Waals surface area contributed by atoms with E-state index in [0.717, 1.165) is 25.6 Å².